The van der Waals surface area contributed by atoms with E-state index in [4.69, 9.17) is 11.6 Å². The second kappa shape index (κ2) is 5.55. The molecule has 1 unspecified atom stereocenters. The zero-order valence-electron chi connectivity index (χ0n) is 13.1. The summed E-state index contributed by atoms with van der Waals surface area (Å²) < 4.78 is 2.55. The molecule has 3 atom stereocenters. The first-order valence-electron chi connectivity index (χ1n) is 8.39. The van der Waals surface area contributed by atoms with Gasteiger partial charge in [0.2, 0.25) is 0 Å². The van der Waals surface area contributed by atoms with Crippen molar-refractivity contribution in [1.29, 1.82) is 0 Å². The standard InChI is InChI=1S/C18H23ClN2O/c1-12-5-6-16-15(9-12)14-3-2-4-17-18(14)21(16)8-7-20(17)11-13(22)10-19/h5-6,9,13,17,22H,2-4,7-8,10-11H2,1H3/p+1/t13-,17-/m1/s1. The van der Waals surface area contributed by atoms with Crippen LogP contribution >= 0.6 is 11.6 Å². The van der Waals surface area contributed by atoms with Gasteiger partial charge in [0.1, 0.15) is 18.7 Å². The van der Waals surface area contributed by atoms with Gasteiger partial charge in [0.05, 0.1) is 24.7 Å². The highest BCUT2D eigenvalue weighted by atomic mass is 35.5. The van der Waals surface area contributed by atoms with Crippen molar-refractivity contribution < 1.29 is 10.0 Å². The first kappa shape index (κ1) is 14.6. The van der Waals surface area contributed by atoms with Crippen molar-refractivity contribution in [2.75, 3.05) is 19.0 Å². The van der Waals surface area contributed by atoms with E-state index in [0.717, 1.165) is 19.6 Å². The molecule has 118 valence electrons. The highest BCUT2D eigenvalue weighted by molar-refractivity contribution is 6.18. The van der Waals surface area contributed by atoms with Crippen LogP contribution < -0.4 is 4.90 Å². The van der Waals surface area contributed by atoms with Crippen molar-refractivity contribution in [2.45, 2.75) is 44.9 Å². The number of quaternary nitrogens is 1. The van der Waals surface area contributed by atoms with Crippen LogP contribution in [0.1, 0.15) is 35.7 Å². The van der Waals surface area contributed by atoms with E-state index in [1.165, 1.54) is 46.3 Å². The zero-order valence-corrected chi connectivity index (χ0v) is 13.9. The third-order valence-corrected chi connectivity index (χ3v) is 5.80. The second-order valence-corrected chi connectivity index (χ2v) is 7.21. The van der Waals surface area contributed by atoms with Gasteiger partial charge in [-0.1, -0.05) is 11.6 Å². The van der Waals surface area contributed by atoms with E-state index in [0.29, 0.717) is 11.9 Å². The quantitative estimate of drug-likeness (QED) is 0.831. The molecule has 4 rings (SSSR count). The predicted molar refractivity (Wildman–Crippen MR) is 89.8 cm³/mol. The molecule has 4 heteroatoms. The van der Waals surface area contributed by atoms with Crippen molar-refractivity contribution in [3.8, 4) is 0 Å². The minimum absolute atomic E-state index is 0.339. The Balaban J connectivity index is 1.81. The number of aliphatic hydroxyl groups excluding tert-OH is 1. The number of nitrogens with one attached hydrogen (secondary N) is 1. The van der Waals surface area contributed by atoms with Gasteiger partial charge in [-0.3, -0.25) is 0 Å². The van der Waals surface area contributed by atoms with Gasteiger partial charge in [0, 0.05) is 17.3 Å². The maximum atomic E-state index is 9.98. The molecule has 0 saturated heterocycles. The van der Waals surface area contributed by atoms with Gasteiger partial charge in [0.15, 0.2) is 0 Å². The third-order valence-electron chi connectivity index (χ3n) is 5.44. The van der Waals surface area contributed by atoms with Crippen LogP contribution in [-0.4, -0.2) is 34.7 Å². The summed E-state index contributed by atoms with van der Waals surface area (Å²) in [7, 11) is 0. The van der Waals surface area contributed by atoms with Crippen LogP contribution in [0.5, 0.6) is 0 Å². The molecular weight excluding hydrogens is 296 g/mol. The lowest BCUT2D eigenvalue weighted by Crippen LogP contribution is -3.14. The largest absolute Gasteiger partial charge is 0.386 e. The number of alkyl halides is 1. The van der Waals surface area contributed by atoms with Gasteiger partial charge in [-0.15, -0.1) is 11.6 Å². The molecule has 1 aromatic heterocycles. The van der Waals surface area contributed by atoms with Gasteiger partial charge in [0.25, 0.3) is 0 Å². The SMILES string of the molecule is Cc1ccc2c(c1)c1c3n2CC[NH+](C[C@H](O)CCl)[C@@H]3CCC1. The summed E-state index contributed by atoms with van der Waals surface area (Å²) in [5.41, 5.74) is 5.84. The minimum Gasteiger partial charge on any atom is -0.386 e. The van der Waals surface area contributed by atoms with Crippen molar-refractivity contribution in [3.05, 3.63) is 35.0 Å². The second-order valence-electron chi connectivity index (χ2n) is 6.90. The Labute approximate surface area is 136 Å². The number of benzene rings is 1. The first-order chi connectivity index (χ1) is 10.7. The normalized spacial score (nSPS) is 25.2. The molecule has 3 nitrogen and oxygen atoms in total. The highest BCUT2D eigenvalue weighted by Crippen LogP contribution is 2.37. The summed E-state index contributed by atoms with van der Waals surface area (Å²) in [5.74, 6) is 0.339. The Bertz CT molecular complexity index is 709. The number of aromatic nitrogens is 1. The molecule has 0 fully saturated rings. The molecule has 1 aromatic carbocycles. The molecule has 2 aliphatic rings. The molecule has 0 saturated carbocycles. The summed E-state index contributed by atoms with van der Waals surface area (Å²) >= 11 is 5.82. The molecule has 2 aromatic rings. The average molecular weight is 320 g/mol. The summed E-state index contributed by atoms with van der Waals surface area (Å²) in [4.78, 5) is 1.51. The van der Waals surface area contributed by atoms with E-state index in [2.05, 4.69) is 29.7 Å². The topological polar surface area (TPSA) is 29.6 Å². The fraction of sp³-hybridized carbons (Fsp3) is 0.556. The fourth-order valence-corrected chi connectivity index (χ4v) is 4.62. The van der Waals surface area contributed by atoms with Crippen molar-refractivity contribution in [3.63, 3.8) is 0 Å². The van der Waals surface area contributed by atoms with Crippen LogP contribution in [0.2, 0.25) is 0 Å². The molecular formula is C18H24ClN2O+. The smallest absolute Gasteiger partial charge is 0.129 e. The molecule has 2 heterocycles. The van der Waals surface area contributed by atoms with Crippen LogP contribution in [0.15, 0.2) is 18.2 Å². The molecule has 0 amide bonds. The summed E-state index contributed by atoms with van der Waals surface area (Å²) in [6.45, 7) is 5.09. The lowest BCUT2D eigenvalue weighted by Gasteiger charge is -2.37. The predicted octanol–water partition coefficient (Wildman–Crippen LogP) is 1.83. The number of halogens is 1. The van der Waals surface area contributed by atoms with Crippen LogP contribution in [0.3, 0.4) is 0 Å². The van der Waals surface area contributed by atoms with Gasteiger partial charge in [-0.2, -0.15) is 0 Å². The maximum absolute atomic E-state index is 9.98. The summed E-state index contributed by atoms with van der Waals surface area (Å²) in [6, 6.07) is 7.40. The molecule has 0 spiro atoms. The molecule has 0 radical (unpaired) electrons. The summed E-state index contributed by atoms with van der Waals surface area (Å²) in [6.07, 6.45) is 3.29. The lowest BCUT2D eigenvalue weighted by molar-refractivity contribution is -0.939. The van der Waals surface area contributed by atoms with Gasteiger partial charge >= 0.3 is 0 Å². The Morgan fingerprint density at radius 2 is 2.32 bits per heavy atom. The number of fused-ring (bicyclic) bond motifs is 3. The maximum Gasteiger partial charge on any atom is 0.129 e. The van der Waals surface area contributed by atoms with E-state index < -0.39 is 0 Å². The first-order valence-corrected chi connectivity index (χ1v) is 8.92. The van der Waals surface area contributed by atoms with E-state index in [-0.39, 0.29) is 6.10 Å². The number of hydrogen-bond acceptors (Lipinski definition) is 1. The molecule has 22 heavy (non-hydrogen) atoms. The minimum atomic E-state index is -0.389. The number of nitrogens with zero attached hydrogens (tertiary/aromatic N) is 1. The van der Waals surface area contributed by atoms with Crippen molar-refractivity contribution in [1.82, 2.24) is 4.57 Å². The Morgan fingerprint density at radius 1 is 1.45 bits per heavy atom. The molecule has 0 bridgehead atoms. The fourth-order valence-electron chi connectivity index (χ4n) is 4.51. The molecule has 1 aliphatic carbocycles. The van der Waals surface area contributed by atoms with Crippen LogP contribution in [-0.2, 0) is 13.0 Å². The lowest BCUT2D eigenvalue weighted by atomic mass is 9.89. The number of aliphatic hydroxyl groups is 1. The zero-order chi connectivity index (χ0) is 15.3. The van der Waals surface area contributed by atoms with E-state index in [1.807, 2.05) is 0 Å². The Morgan fingerprint density at radius 3 is 3.14 bits per heavy atom. The molecule has 1 aliphatic heterocycles. The van der Waals surface area contributed by atoms with Crippen molar-refractivity contribution in [2.24, 2.45) is 0 Å². The van der Waals surface area contributed by atoms with Crippen LogP contribution in [0.4, 0.5) is 0 Å². The van der Waals surface area contributed by atoms with E-state index in [1.54, 1.807) is 5.56 Å². The van der Waals surface area contributed by atoms with Gasteiger partial charge in [-0.25, -0.2) is 0 Å². The monoisotopic (exact) mass is 319 g/mol. The number of aryl methyl sites for hydroxylation is 2. The molecule has 2 N–H and O–H groups in total. The highest BCUT2D eigenvalue weighted by Gasteiger charge is 2.38. The summed E-state index contributed by atoms with van der Waals surface area (Å²) in [5, 5.41) is 11.4. The van der Waals surface area contributed by atoms with Gasteiger partial charge < -0.3 is 14.6 Å². The van der Waals surface area contributed by atoms with Gasteiger partial charge in [-0.05, 0) is 37.5 Å². The number of rotatable bonds is 3. The Hall–Kier alpha value is -1.03. The van der Waals surface area contributed by atoms with E-state index in [9.17, 15) is 5.11 Å². The third kappa shape index (κ3) is 2.18. The number of hydrogen-bond donors (Lipinski definition) is 2. The van der Waals surface area contributed by atoms with Crippen molar-refractivity contribution >= 4 is 22.5 Å². The van der Waals surface area contributed by atoms with E-state index >= 15 is 0 Å². The van der Waals surface area contributed by atoms with Crippen LogP contribution in [0.25, 0.3) is 10.9 Å². The van der Waals surface area contributed by atoms with Crippen LogP contribution in [0, 0.1) is 6.92 Å². The average Bonchev–Trinajstić information content (AvgIpc) is 2.85. The Kier molecular flexibility index (Phi) is 3.67.